The van der Waals surface area contributed by atoms with Crippen LogP contribution < -0.4 is 5.32 Å². The summed E-state index contributed by atoms with van der Waals surface area (Å²) in [4.78, 5) is 0. The summed E-state index contributed by atoms with van der Waals surface area (Å²) in [7, 11) is 0. The lowest BCUT2D eigenvalue weighted by Gasteiger charge is -2.33. The van der Waals surface area contributed by atoms with Gasteiger partial charge in [0.15, 0.2) is 0 Å². The fraction of sp³-hybridized carbons (Fsp3) is 1.00. The third-order valence-electron chi connectivity index (χ3n) is 4.20. The molecule has 0 aliphatic heterocycles. The lowest BCUT2D eigenvalue weighted by molar-refractivity contribution is 0.00272. The van der Waals surface area contributed by atoms with Gasteiger partial charge in [-0.1, -0.05) is 26.2 Å². The molecular formula is C13H25NO. The first-order valence-electron chi connectivity index (χ1n) is 6.64. The third kappa shape index (κ3) is 3.18. The predicted molar refractivity (Wildman–Crippen MR) is 62.8 cm³/mol. The molecule has 2 heteroatoms. The molecule has 0 saturated heterocycles. The number of rotatable bonds is 3. The minimum absolute atomic E-state index is 0.385. The van der Waals surface area contributed by atoms with Gasteiger partial charge in [-0.05, 0) is 38.0 Å². The van der Waals surface area contributed by atoms with E-state index in [2.05, 4.69) is 12.2 Å². The number of hydrogen-bond donors (Lipinski definition) is 2. The van der Waals surface area contributed by atoms with Crippen LogP contribution in [0.4, 0.5) is 0 Å². The monoisotopic (exact) mass is 211 g/mol. The first kappa shape index (κ1) is 11.4. The maximum atomic E-state index is 10.3. The summed E-state index contributed by atoms with van der Waals surface area (Å²) in [5.41, 5.74) is -0.385. The van der Waals surface area contributed by atoms with Crippen molar-refractivity contribution in [3.8, 4) is 0 Å². The second-order valence-corrected chi connectivity index (χ2v) is 5.78. The summed E-state index contributed by atoms with van der Waals surface area (Å²) in [6.07, 6.45) is 9.69. The standard InChI is InChI=1S/C13H25NO/c1-11-5-6-12(9-11)14-10-13(15)7-3-2-4-8-13/h11-12,14-15H,2-10H2,1H3/t11-,12+/m0/s1. The van der Waals surface area contributed by atoms with Crippen molar-refractivity contribution >= 4 is 0 Å². The van der Waals surface area contributed by atoms with Gasteiger partial charge < -0.3 is 10.4 Å². The van der Waals surface area contributed by atoms with Crippen molar-refractivity contribution in [2.75, 3.05) is 6.54 Å². The van der Waals surface area contributed by atoms with Crippen LogP contribution in [0.25, 0.3) is 0 Å². The lowest BCUT2D eigenvalue weighted by Crippen LogP contribution is -2.45. The third-order valence-corrected chi connectivity index (χ3v) is 4.20. The fourth-order valence-electron chi connectivity index (χ4n) is 3.11. The maximum absolute atomic E-state index is 10.3. The molecule has 0 unspecified atom stereocenters. The van der Waals surface area contributed by atoms with Crippen molar-refractivity contribution in [2.24, 2.45) is 5.92 Å². The van der Waals surface area contributed by atoms with E-state index in [1.807, 2.05) is 0 Å². The first-order chi connectivity index (χ1) is 7.18. The Bertz CT molecular complexity index is 199. The molecule has 2 N–H and O–H groups in total. The molecular weight excluding hydrogens is 186 g/mol. The van der Waals surface area contributed by atoms with E-state index in [4.69, 9.17) is 0 Å². The molecule has 0 aromatic carbocycles. The van der Waals surface area contributed by atoms with Gasteiger partial charge in [0.25, 0.3) is 0 Å². The smallest absolute Gasteiger partial charge is 0.0771 e. The van der Waals surface area contributed by atoms with Crippen LogP contribution in [0.1, 0.15) is 58.3 Å². The highest BCUT2D eigenvalue weighted by Crippen LogP contribution is 2.29. The highest BCUT2D eigenvalue weighted by molar-refractivity contribution is 4.87. The van der Waals surface area contributed by atoms with Crippen molar-refractivity contribution in [3.05, 3.63) is 0 Å². The average molecular weight is 211 g/mol. The quantitative estimate of drug-likeness (QED) is 0.751. The van der Waals surface area contributed by atoms with Crippen molar-refractivity contribution in [2.45, 2.75) is 69.9 Å². The van der Waals surface area contributed by atoms with E-state index < -0.39 is 0 Å². The number of nitrogens with one attached hydrogen (secondary N) is 1. The molecule has 0 amide bonds. The second-order valence-electron chi connectivity index (χ2n) is 5.78. The second kappa shape index (κ2) is 4.84. The topological polar surface area (TPSA) is 32.3 Å². The summed E-state index contributed by atoms with van der Waals surface area (Å²) in [5, 5.41) is 13.9. The minimum atomic E-state index is -0.385. The average Bonchev–Trinajstić information content (AvgIpc) is 2.63. The SMILES string of the molecule is C[C@H]1CC[C@@H](NCC2(O)CCCCC2)C1. The van der Waals surface area contributed by atoms with Gasteiger partial charge in [0, 0.05) is 12.6 Å². The van der Waals surface area contributed by atoms with Gasteiger partial charge >= 0.3 is 0 Å². The van der Waals surface area contributed by atoms with Crippen LogP contribution in [-0.2, 0) is 0 Å². The fourth-order valence-corrected chi connectivity index (χ4v) is 3.11. The van der Waals surface area contributed by atoms with Crippen molar-refractivity contribution in [1.82, 2.24) is 5.32 Å². The molecule has 2 atom stereocenters. The zero-order chi connectivity index (χ0) is 10.7. The van der Waals surface area contributed by atoms with Crippen molar-refractivity contribution < 1.29 is 5.11 Å². The Balaban J connectivity index is 1.72. The highest BCUT2D eigenvalue weighted by atomic mass is 16.3. The van der Waals surface area contributed by atoms with Crippen LogP contribution in [0.15, 0.2) is 0 Å². The Labute approximate surface area is 93.5 Å². The van der Waals surface area contributed by atoms with Crippen LogP contribution in [0.3, 0.4) is 0 Å². The molecule has 2 rings (SSSR count). The Morgan fingerprint density at radius 2 is 1.93 bits per heavy atom. The molecule has 15 heavy (non-hydrogen) atoms. The summed E-state index contributed by atoms with van der Waals surface area (Å²) in [5.74, 6) is 0.878. The lowest BCUT2D eigenvalue weighted by atomic mass is 9.84. The van der Waals surface area contributed by atoms with Crippen LogP contribution in [-0.4, -0.2) is 23.3 Å². The van der Waals surface area contributed by atoms with E-state index in [0.717, 1.165) is 25.3 Å². The molecule has 0 radical (unpaired) electrons. The molecule has 0 bridgehead atoms. The number of hydrogen-bond acceptors (Lipinski definition) is 2. The van der Waals surface area contributed by atoms with Gasteiger partial charge in [-0.15, -0.1) is 0 Å². The van der Waals surface area contributed by atoms with Gasteiger partial charge in [0.2, 0.25) is 0 Å². The molecule has 88 valence electrons. The van der Waals surface area contributed by atoms with Gasteiger partial charge in [-0.25, -0.2) is 0 Å². The van der Waals surface area contributed by atoms with E-state index in [1.54, 1.807) is 0 Å². The van der Waals surface area contributed by atoms with E-state index in [1.165, 1.54) is 38.5 Å². The van der Waals surface area contributed by atoms with E-state index >= 15 is 0 Å². The van der Waals surface area contributed by atoms with Crippen molar-refractivity contribution in [1.29, 1.82) is 0 Å². The van der Waals surface area contributed by atoms with Crippen molar-refractivity contribution in [3.63, 3.8) is 0 Å². The van der Waals surface area contributed by atoms with E-state index in [9.17, 15) is 5.11 Å². The first-order valence-corrected chi connectivity index (χ1v) is 6.64. The normalized spacial score (nSPS) is 35.6. The summed E-state index contributed by atoms with van der Waals surface area (Å²) in [6, 6.07) is 0.672. The zero-order valence-electron chi connectivity index (χ0n) is 9.97. The minimum Gasteiger partial charge on any atom is -0.389 e. The molecule has 2 nitrogen and oxygen atoms in total. The Morgan fingerprint density at radius 3 is 2.53 bits per heavy atom. The molecule has 2 aliphatic rings. The molecule has 2 saturated carbocycles. The maximum Gasteiger partial charge on any atom is 0.0771 e. The zero-order valence-corrected chi connectivity index (χ0v) is 9.97. The van der Waals surface area contributed by atoms with Gasteiger partial charge in [0.05, 0.1) is 5.60 Å². The summed E-state index contributed by atoms with van der Waals surface area (Å²) >= 11 is 0. The van der Waals surface area contributed by atoms with Gasteiger partial charge in [-0.3, -0.25) is 0 Å². The Hall–Kier alpha value is -0.0800. The van der Waals surface area contributed by atoms with Gasteiger partial charge in [0.1, 0.15) is 0 Å². The Morgan fingerprint density at radius 1 is 1.20 bits per heavy atom. The molecule has 0 heterocycles. The molecule has 2 fully saturated rings. The number of aliphatic hydroxyl groups is 1. The Kier molecular flexibility index (Phi) is 3.68. The van der Waals surface area contributed by atoms with E-state index in [-0.39, 0.29) is 5.60 Å². The summed E-state index contributed by atoms with van der Waals surface area (Å²) < 4.78 is 0. The van der Waals surface area contributed by atoms with Crippen LogP contribution in [0.2, 0.25) is 0 Å². The molecule has 0 aromatic rings. The molecule has 0 spiro atoms. The van der Waals surface area contributed by atoms with E-state index in [0.29, 0.717) is 6.04 Å². The van der Waals surface area contributed by atoms with Crippen LogP contribution in [0, 0.1) is 5.92 Å². The molecule has 2 aliphatic carbocycles. The van der Waals surface area contributed by atoms with Crippen LogP contribution in [0.5, 0.6) is 0 Å². The summed E-state index contributed by atoms with van der Waals surface area (Å²) in [6.45, 7) is 3.15. The highest BCUT2D eigenvalue weighted by Gasteiger charge is 2.30. The van der Waals surface area contributed by atoms with Crippen LogP contribution >= 0.6 is 0 Å². The van der Waals surface area contributed by atoms with Gasteiger partial charge in [-0.2, -0.15) is 0 Å². The molecule has 0 aromatic heterocycles. The largest absolute Gasteiger partial charge is 0.389 e. The predicted octanol–water partition coefficient (Wildman–Crippen LogP) is 2.46.